The van der Waals surface area contributed by atoms with Crippen LogP contribution in [0.25, 0.3) is 22.4 Å². The van der Waals surface area contributed by atoms with Crippen molar-refractivity contribution in [1.82, 2.24) is 9.55 Å². The third kappa shape index (κ3) is 2.43. The molecule has 2 aromatic carbocycles. The summed E-state index contributed by atoms with van der Waals surface area (Å²) in [5, 5.41) is 0. The van der Waals surface area contributed by atoms with E-state index in [0.29, 0.717) is 0 Å². The van der Waals surface area contributed by atoms with E-state index in [1.165, 1.54) is 17.0 Å². The maximum absolute atomic E-state index is 4.86. The molecular weight excluding hydrogens is 268 g/mol. The van der Waals surface area contributed by atoms with Gasteiger partial charge in [-0.2, -0.15) is 0 Å². The summed E-state index contributed by atoms with van der Waals surface area (Å²) >= 11 is 0. The number of hydrogen-bond donors (Lipinski definition) is 0. The first-order valence-electron chi connectivity index (χ1n) is 7.54. The zero-order valence-electron chi connectivity index (χ0n) is 12.5. The van der Waals surface area contributed by atoms with Gasteiger partial charge in [0.2, 0.25) is 0 Å². The Hall–Kier alpha value is -2.09. The van der Waals surface area contributed by atoms with Gasteiger partial charge in [-0.3, -0.25) is 0 Å². The fourth-order valence-corrected chi connectivity index (χ4v) is 2.86. The molecule has 0 bridgehead atoms. The summed E-state index contributed by atoms with van der Waals surface area (Å²) in [6.45, 7) is 2.95. The zero-order valence-corrected chi connectivity index (χ0v) is 12.5. The molecule has 0 amide bonds. The van der Waals surface area contributed by atoms with Gasteiger partial charge < -0.3 is 4.57 Å². The third-order valence-electron chi connectivity index (χ3n) is 4.04. The van der Waals surface area contributed by atoms with Crippen molar-refractivity contribution >= 4 is 11.0 Å². The summed E-state index contributed by atoms with van der Waals surface area (Å²) < 4.78 is 2.30. The number of para-hydroxylation sites is 2. The molecule has 3 aromatic rings. The van der Waals surface area contributed by atoms with Crippen molar-refractivity contribution in [2.24, 2.45) is 0 Å². The van der Waals surface area contributed by atoms with Crippen LogP contribution in [-0.2, 0) is 6.54 Å². The lowest BCUT2D eigenvalue weighted by atomic mass is 10.1. The highest BCUT2D eigenvalue weighted by Crippen LogP contribution is 2.30. The molecule has 4 rings (SSSR count). The minimum absolute atomic E-state index is 0.844. The van der Waals surface area contributed by atoms with Crippen molar-refractivity contribution in [2.45, 2.75) is 13.5 Å². The fraction of sp³-hybridized carbons (Fsp3) is 0.100. The molecule has 5 radical (unpaired) electrons. The van der Waals surface area contributed by atoms with Crippen LogP contribution in [0, 0.1) is 38.5 Å². The van der Waals surface area contributed by atoms with Crippen LogP contribution in [0.5, 0.6) is 0 Å². The maximum atomic E-state index is 4.86. The summed E-state index contributed by atoms with van der Waals surface area (Å²) in [6.07, 6.45) is 8.49. The lowest BCUT2D eigenvalue weighted by molar-refractivity contribution is 0.773. The van der Waals surface area contributed by atoms with Gasteiger partial charge in [0.1, 0.15) is 5.82 Å². The monoisotopic (exact) mass is 285 g/mol. The van der Waals surface area contributed by atoms with Gasteiger partial charge in [0.05, 0.1) is 11.0 Å². The second kappa shape index (κ2) is 5.60. The first-order chi connectivity index (χ1) is 10.8. The standard InChI is InChI=1S/C20H17N2/c1-15-10-12-17(13-11-15)20-21-18-8-4-5-9-19(18)22(20)14-16-6-2-3-7-16/h2-13H,14H2,1H3. The fourth-order valence-electron chi connectivity index (χ4n) is 2.86. The molecule has 0 N–H and O–H groups in total. The highest BCUT2D eigenvalue weighted by Gasteiger charge is 2.21. The van der Waals surface area contributed by atoms with Gasteiger partial charge in [0, 0.05) is 18.0 Å². The van der Waals surface area contributed by atoms with E-state index in [1.54, 1.807) is 0 Å². The molecule has 1 aliphatic carbocycles. The summed E-state index contributed by atoms with van der Waals surface area (Å²) in [7, 11) is 0. The Morgan fingerprint density at radius 2 is 1.64 bits per heavy atom. The second-order valence-corrected chi connectivity index (χ2v) is 5.67. The Kier molecular flexibility index (Phi) is 3.45. The van der Waals surface area contributed by atoms with Gasteiger partial charge >= 0.3 is 0 Å². The number of aryl methyl sites for hydroxylation is 1. The Bertz CT molecular complexity index is 777. The summed E-state index contributed by atoms with van der Waals surface area (Å²) in [4.78, 5) is 4.86. The highest BCUT2D eigenvalue weighted by atomic mass is 15.1. The van der Waals surface area contributed by atoms with Crippen LogP contribution in [0.2, 0.25) is 0 Å². The zero-order chi connectivity index (χ0) is 14.9. The number of hydrogen-bond acceptors (Lipinski definition) is 1. The molecule has 0 saturated heterocycles. The van der Waals surface area contributed by atoms with Crippen molar-refractivity contribution in [1.29, 1.82) is 0 Å². The van der Waals surface area contributed by atoms with Gasteiger partial charge in [0.15, 0.2) is 0 Å². The minimum atomic E-state index is 0.844. The topological polar surface area (TPSA) is 17.8 Å². The molecule has 1 heterocycles. The largest absolute Gasteiger partial charge is 0.323 e. The normalized spacial score (nSPS) is 15.7. The number of benzene rings is 2. The number of aromatic nitrogens is 2. The van der Waals surface area contributed by atoms with Crippen molar-refractivity contribution < 1.29 is 0 Å². The van der Waals surface area contributed by atoms with E-state index in [2.05, 4.69) is 79.6 Å². The molecule has 1 aliphatic rings. The van der Waals surface area contributed by atoms with Gasteiger partial charge in [-0.25, -0.2) is 4.98 Å². The van der Waals surface area contributed by atoms with Gasteiger partial charge in [-0.15, -0.1) is 0 Å². The van der Waals surface area contributed by atoms with E-state index in [0.717, 1.165) is 23.4 Å². The number of fused-ring (bicyclic) bond motifs is 1. The van der Waals surface area contributed by atoms with Crippen LogP contribution < -0.4 is 0 Å². The number of rotatable bonds is 3. The predicted octanol–water partition coefficient (Wildman–Crippen LogP) is 4.42. The van der Waals surface area contributed by atoms with Crippen LogP contribution >= 0.6 is 0 Å². The molecular formula is C20H17N2. The Morgan fingerprint density at radius 1 is 0.909 bits per heavy atom. The molecule has 107 valence electrons. The molecule has 1 fully saturated rings. The molecule has 2 heteroatoms. The third-order valence-corrected chi connectivity index (χ3v) is 4.04. The summed E-state index contributed by atoms with van der Waals surface area (Å²) in [5.74, 6) is 2.33. The number of imidazole rings is 1. The van der Waals surface area contributed by atoms with Crippen LogP contribution in [0.4, 0.5) is 0 Å². The molecule has 0 spiro atoms. The maximum Gasteiger partial charge on any atom is 0.141 e. The molecule has 0 unspecified atom stereocenters. The van der Waals surface area contributed by atoms with E-state index in [4.69, 9.17) is 4.98 Å². The van der Waals surface area contributed by atoms with Crippen LogP contribution in [0.3, 0.4) is 0 Å². The average molecular weight is 285 g/mol. The van der Waals surface area contributed by atoms with Gasteiger partial charge in [0.25, 0.3) is 0 Å². The quantitative estimate of drug-likeness (QED) is 0.696. The SMILES string of the molecule is Cc1ccc(-c2nc3ccccc3n2C[C]2[CH][CH][CH][CH]2)cc1. The molecule has 0 atom stereocenters. The lowest BCUT2D eigenvalue weighted by Crippen LogP contribution is -2.08. The predicted molar refractivity (Wildman–Crippen MR) is 90.3 cm³/mol. The highest BCUT2D eigenvalue weighted by molar-refractivity contribution is 5.80. The lowest BCUT2D eigenvalue weighted by Gasteiger charge is -2.13. The van der Waals surface area contributed by atoms with Crippen LogP contribution in [0.1, 0.15) is 5.56 Å². The minimum Gasteiger partial charge on any atom is -0.323 e. The smallest absolute Gasteiger partial charge is 0.141 e. The first-order valence-corrected chi connectivity index (χ1v) is 7.54. The second-order valence-electron chi connectivity index (χ2n) is 5.67. The molecule has 22 heavy (non-hydrogen) atoms. The van der Waals surface area contributed by atoms with E-state index < -0.39 is 0 Å². The van der Waals surface area contributed by atoms with Gasteiger partial charge in [-0.05, 0) is 44.7 Å². The van der Waals surface area contributed by atoms with Crippen LogP contribution in [0.15, 0.2) is 48.5 Å². The Balaban J connectivity index is 1.83. The molecule has 2 nitrogen and oxygen atoms in total. The molecule has 1 aromatic heterocycles. The van der Waals surface area contributed by atoms with Crippen molar-refractivity contribution in [2.75, 3.05) is 0 Å². The Labute approximate surface area is 131 Å². The first kappa shape index (κ1) is 13.6. The van der Waals surface area contributed by atoms with E-state index in [9.17, 15) is 0 Å². The summed E-state index contributed by atoms with van der Waals surface area (Å²) in [6, 6.07) is 16.9. The Morgan fingerprint density at radius 3 is 2.41 bits per heavy atom. The summed E-state index contributed by atoms with van der Waals surface area (Å²) in [5.41, 5.74) is 4.65. The van der Waals surface area contributed by atoms with Crippen LogP contribution in [-0.4, -0.2) is 9.55 Å². The van der Waals surface area contributed by atoms with Crippen molar-refractivity contribution in [3.05, 3.63) is 85.7 Å². The molecule has 1 saturated carbocycles. The van der Waals surface area contributed by atoms with E-state index in [-0.39, 0.29) is 0 Å². The van der Waals surface area contributed by atoms with E-state index in [1.807, 2.05) is 6.07 Å². The van der Waals surface area contributed by atoms with Crippen molar-refractivity contribution in [3.8, 4) is 11.4 Å². The molecule has 0 aliphatic heterocycles. The van der Waals surface area contributed by atoms with Gasteiger partial charge in [-0.1, -0.05) is 42.0 Å². The van der Waals surface area contributed by atoms with E-state index >= 15 is 0 Å². The number of nitrogens with zero attached hydrogens (tertiary/aromatic N) is 2. The van der Waals surface area contributed by atoms with Crippen molar-refractivity contribution in [3.63, 3.8) is 0 Å². The average Bonchev–Trinajstić information content (AvgIpc) is 3.17.